The molecule has 2 aromatic rings. The zero-order valence-corrected chi connectivity index (χ0v) is 12.2. The Morgan fingerprint density at radius 3 is 2.52 bits per heavy atom. The molecule has 21 heavy (non-hydrogen) atoms. The average Bonchev–Trinajstić information content (AvgIpc) is 2.55. The maximum absolute atomic E-state index is 12.4. The van der Waals surface area contributed by atoms with Crippen LogP contribution < -0.4 is 10.2 Å². The number of carbonyl (C=O) groups excluding carboxylic acids is 2. The second kappa shape index (κ2) is 4.74. The van der Waals surface area contributed by atoms with Crippen LogP contribution in [-0.4, -0.2) is 18.7 Å². The maximum atomic E-state index is 12.4. The number of hydrogen-bond donors (Lipinski definition) is 1. The number of anilines is 3. The third-order valence-corrected chi connectivity index (χ3v) is 3.77. The lowest BCUT2D eigenvalue weighted by atomic mass is 10.1. The lowest BCUT2D eigenvalue weighted by Gasteiger charge is -2.21. The molecular weight excluding hydrogens is 264 g/mol. The van der Waals surface area contributed by atoms with Crippen molar-refractivity contribution < 1.29 is 9.59 Å². The first-order valence-corrected chi connectivity index (χ1v) is 6.78. The minimum absolute atomic E-state index is 0.0210. The maximum Gasteiger partial charge on any atom is 0.257 e. The molecule has 0 fully saturated rings. The molecule has 0 unspecified atom stereocenters. The highest BCUT2D eigenvalue weighted by molar-refractivity contribution is 6.13. The van der Waals surface area contributed by atoms with Crippen LogP contribution in [0.1, 0.15) is 33.2 Å². The number of ketones is 1. The Balaban J connectivity index is 2.19. The average molecular weight is 280 g/mol. The van der Waals surface area contributed by atoms with Gasteiger partial charge in [-0.05, 0) is 44.2 Å². The Morgan fingerprint density at radius 1 is 1.10 bits per heavy atom. The second-order valence-electron chi connectivity index (χ2n) is 5.32. The molecule has 0 saturated heterocycles. The number of carbonyl (C=O) groups is 2. The van der Waals surface area contributed by atoms with Crippen LogP contribution in [0.25, 0.3) is 0 Å². The summed E-state index contributed by atoms with van der Waals surface area (Å²) in [5.74, 6) is -0.174. The zero-order valence-electron chi connectivity index (χ0n) is 12.2. The Kier molecular flexibility index (Phi) is 3.01. The van der Waals surface area contributed by atoms with Gasteiger partial charge in [-0.15, -0.1) is 0 Å². The van der Waals surface area contributed by atoms with Gasteiger partial charge >= 0.3 is 0 Å². The molecule has 4 nitrogen and oxygen atoms in total. The van der Waals surface area contributed by atoms with Gasteiger partial charge in [0.15, 0.2) is 5.78 Å². The quantitative estimate of drug-likeness (QED) is 0.813. The molecule has 2 aromatic carbocycles. The van der Waals surface area contributed by atoms with E-state index in [0.29, 0.717) is 16.8 Å². The SMILES string of the molecule is CC(=O)c1ccc2c(c1)NC(=O)c1cc(C)ccc1N2C. The topological polar surface area (TPSA) is 49.4 Å². The number of benzene rings is 2. The van der Waals surface area contributed by atoms with Crippen LogP contribution in [0.5, 0.6) is 0 Å². The normalized spacial score (nSPS) is 13.1. The Bertz CT molecular complexity index is 765. The number of aryl methyl sites for hydroxylation is 1. The van der Waals surface area contributed by atoms with Crippen LogP contribution in [0.2, 0.25) is 0 Å². The van der Waals surface area contributed by atoms with Crippen molar-refractivity contribution in [2.45, 2.75) is 13.8 Å². The van der Waals surface area contributed by atoms with Gasteiger partial charge in [0.1, 0.15) is 0 Å². The summed E-state index contributed by atoms with van der Waals surface area (Å²) in [7, 11) is 1.92. The van der Waals surface area contributed by atoms with Crippen LogP contribution in [-0.2, 0) is 0 Å². The van der Waals surface area contributed by atoms with Gasteiger partial charge in [0.05, 0.1) is 22.6 Å². The third-order valence-electron chi connectivity index (χ3n) is 3.77. The molecule has 1 aliphatic heterocycles. The van der Waals surface area contributed by atoms with Crippen molar-refractivity contribution in [2.75, 3.05) is 17.3 Å². The summed E-state index contributed by atoms with van der Waals surface area (Å²) in [6.45, 7) is 3.47. The first-order valence-electron chi connectivity index (χ1n) is 6.78. The summed E-state index contributed by atoms with van der Waals surface area (Å²) in [4.78, 5) is 25.9. The van der Waals surface area contributed by atoms with Crippen LogP contribution in [0.3, 0.4) is 0 Å². The highest BCUT2D eigenvalue weighted by Crippen LogP contribution is 2.37. The lowest BCUT2D eigenvalue weighted by molar-refractivity contribution is 0.101. The van der Waals surface area contributed by atoms with E-state index in [-0.39, 0.29) is 11.7 Å². The fourth-order valence-electron chi connectivity index (χ4n) is 2.59. The van der Waals surface area contributed by atoms with Gasteiger partial charge in [0.2, 0.25) is 0 Å². The first kappa shape index (κ1) is 13.4. The molecule has 0 bridgehead atoms. The summed E-state index contributed by atoms with van der Waals surface area (Å²) in [6, 6.07) is 11.2. The predicted molar refractivity (Wildman–Crippen MR) is 83.6 cm³/mol. The molecular formula is C17H16N2O2. The van der Waals surface area contributed by atoms with Gasteiger partial charge in [-0.2, -0.15) is 0 Å². The molecule has 106 valence electrons. The lowest BCUT2D eigenvalue weighted by Crippen LogP contribution is -2.12. The van der Waals surface area contributed by atoms with E-state index >= 15 is 0 Å². The molecule has 0 atom stereocenters. The van der Waals surface area contributed by atoms with Crippen molar-refractivity contribution >= 4 is 28.8 Å². The van der Waals surface area contributed by atoms with Crippen molar-refractivity contribution in [3.8, 4) is 0 Å². The highest BCUT2D eigenvalue weighted by Gasteiger charge is 2.23. The summed E-state index contributed by atoms with van der Waals surface area (Å²) in [5, 5.41) is 2.90. The van der Waals surface area contributed by atoms with Gasteiger partial charge in [0, 0.05) is 12.6 Å². The van der Waals surface area contributed by atoms with Crippen LogP contribution in [0.15, 0.2) is 36.4 Å². The van der Waals surface area contributed by atoms with E-state index < -0.39 is 0 Å². The van der Waals surface area contributed by atoms with Crippen molar-refractivity contribution in [1.29, 1.82) is 0 Å². The van der Waals surface area contributed by atoms with Gasteiger partial charge in [-0.25, -0.2) is 0 Å². The zero-order chi connectivity index (χ0) is 15.1. The van der Waals surface area contributed by atoms with E-state index in [1.807, 2.05) is 43.1 Å². The molecule has 4 heteroatoms. The Morgan fingerprint density at radius 2 is 1.81 bits per heavy atom. The van der Waals surface area contributed by atoms with E-state index in [0.717, 1.165) is 16.9 Å². The smallest absolute Gasteiger partial charge is 0.257 e. The van der Waals surface area contributed by atoms with Crippen LogP contribution >= 0.6 is 0 Å². The number of amides is 1. The standard InChI is InChI=1S/C17H16N2O2/c1-10-4-6-15-13(8-10)17(21)18-14-9-12(11(2)20)5-7-16(14)19(15)3/h4-9H,1-3H3,(H,18,21). The van der Waals surface area contributed by atoms with Crippen molar-refractivity contribution in [2.24, 2.45) is 0 Å². The van der Waals surface area contributed by atoms with E-state index in [9.17, 15) is 9.59 Å². The summed E-state index contributed by atoms with van der Waals surface area (Å²) < 4.78 is 0. The van der Waals surface area contributed by atoms with E-state index in [2.05, 4.69) is 5.32 Å². The van der Waals surface area contributed by atoms with Crippen molar-refractivity contribution in [3.63, 3.8) is 0 Å². The monoisotopic (exact) mass is 280 g/mol. The number of fused-ring (bicyclic) bond motifs is 2. The molecule has 0 spiro atoms. The number of nitrogens with one attached hydrogen (secondary N) is 1. The third kappa shape index (κ3) is 2.18. The highest BCUT2D eigenvalue weighted by atomic mass is 16.1. The fraction of sp³-hybridized carbons (Fsp3) is 0.176. The van der Waals surface area contributed by atoms with E-state index in [1.54, 1.807) is 12.1 Å². The molecule has 1 aliphatic rings. The second-order valence-corrected chi connectivity index (χ2v) is 5.32. The van der Waals surface area contributed by atoms with Crippen LogP contribution in [0.4, 0.5) is 17.1 Å². The largest absolute Gasteiger partial charge is 0.342 e. The molecule has 0 aromatic heterocycles. The van der Waals surface area contributed by atoms with Gasteiger partial charge in [-0.3, -0.25) is 9.59 Å². The molecule has 1 heterocycles. The summed E-state index contributed by atoms with van der Waals surface area (Å²) in [5.41, 5.74) is 4.64. The number of rotatable bonds is 1. The van der Waals surface area contributed by atoms with Crippen molar-refractivity contribution in [1.82, 2.24) is 0 Å². The molecule has 0 saturated carbocycles. The number of nitrogens with zero attached hydrogens (tertiary/aromatic N) is 1. The van der Waals surface area contributed by atoms with Gasteiger partial charge < -0.3 is 10.2 Å². The number of Topliss-reactive ketones (excluding diaryl/α,β-unsaturated/α-hetero) is 1. The van der Waals surface area contributed by atoms with E-state index in [1.165, 1.54) is 6.92 Å². The minimum Gasteiger partial charge on any atom is -0.342 e. The predicted octanol–water partition coefficient (Wildman–Crippen LogP) is 3.53. The summed E-state index contributed by atoms with van der Waals surface area (Å²) >= 11 is 0. The number of hydrogen-bond acceptors (Lipinski definition) is 3. The Labute approximate surface area is 123 Å². The van der Waals surface area contributed by atoms with Crippen LogP contribution in [0, 0.1) is 6.92 Å². The fourth-order valence-corrected chi connectivity index (χ4v) is 2.59. The first-order chi connectivity index (χ1) is 9.97. The van der Waals surface area contributed by atoms with E-state index in [4.69, 9.17) is 0 Å². The Hall–Kier alpha value is -2.62. The van der Waals surface area contributed by atoms with Gasteiger partial charge in [0.25, 0.3) is 5.91 Å². The molecule has 0 aliphatic carbocycles. The molecule has 1 amide bonds. The summed E-state index contributed by atoms with van der Waals surface area (Å²) in [6.07, 6.45) is 0. The molecule has 1 N–H and O–H groups in total. The minimum atomic E-state index is -0.153. The van der Waals surface area contributed by atoms with Gasteiger partial charge in [-0.1, -0.05) is 11.6 Å². The molecule has 3 rings (SSSR count). The molecule has 0 radical (unpaired) electrons. The van der Waals surface area contributed by atoms with Crippen molar-refractivity contribution in [3.05, 3.63) is 53.1 Å².